The Kier molecular flexibility index (Phi) is 5.79. The second-order valence-electron chi connectivity index (χ2n) is 6.02. The third-order valence-electron chi connectivity index (χ3n) is 3.77. The van der Waals surface area contributed by atoms with Crippen LogP contribution in [0.1, 0.15) is 22.8 Å². The van der Waals surface area contributed by atoms with Gasteiger partial charge in [-0.15, -0.1) is 0 Å². The van der Waals surface area contributed by atoms with E-state index in [9.17, 15) is 9.59 Å². The zero-order valence-corrected chi connectivity index (χ0v) is 14.9. The molecule has 2 amide bonds. The number of rotatable bonds is 6. The molecule has 3 rings (SSSR count). The normalized spacial score (nSPS) is 10.1. The molecule has 3 N–H and O–H groups in total. The predicted octanol–water partition coefficient (Wildman–Crippen LogP) is 3.71. The maximum absolute atomic E-state index is 12.4. The minimum atomic E-state index is -0.193. The van der Waals surface area contributed by atoms with Crippen molar-refractivity contribution < 1.29 is 9.59 Å². The molecule has 6 nitrogen and oxygen atoms in total. The summed E-state index contributed by atoms with van der Waals surface area (Å²) >= 11 is 0. The van der Waals surface area contributed by atoms with Crippen LogP contribution in [0.15, 0.2) is 73.1 Å². The van der Waals surface area contributed by atoms with E-state index in [4.69, 9.17) is 0 Å². The smallest absolute Gasteiger partial charge is 0.253 e. The first-order chi connectivity index (χ1) is 13.1. The van der Waals surface area contributed by atoms with Crippen molar-refractivity contribution in [1.82, 2.24) is 10.3 Å². The largest absolute Gasteiger partial charge is 0.354 e. The van der Waals surface area contributed by atoms with Crippen molar-refractivity contribution in [3.05, 3.63) is 84.2 Å². The maximum atomic E-state index is 12.4. The Hall–Kier alpha value is -3.67. The Morgan fingerprint density at radius 3 is 2.44 bits per heavy atom. The molecule has 0 saturated carbocycles. The molecule has 6 heteroatoms. The van der Waals surface area contributed by atoms with Gasteiger partial charge in [0, 0.05) is 31.0 Å². The molecule has 0 radical (unpaired) electrons. The average Bonchev–Trinajstić information content (AvgIpc) is 2.67. The molecular formula is C21H20N4O2. The van der Waals surface area contributed by atoms with Crippen molar-refractivity contribution >= 4 is 28.9 Å². The van der Waals surface area contributed by atoms with Gasteiger partial charge < -0.3 is 16.0 Å². The summed E-state index contributed by atoms with van der Waals surface area (Å²) in [5, 5.41) is 8.81. The lowest BCUT2D eigenvalue weighted by Crippen LogP contribution is -2.22. The number of nitrogens with one attached hydrogen (secondary N) is 3. The maximum Gasteiger partial charge on any atom is 0.253 e. The summed E-state index contributed by atoms with van der Waals surface area (Å²) < 4.78 is 0. The van der Waals surface area contributed by atoms with Gasteiger partial charge in [-0.3, -0.25) is 14.6 Å². The van der Waals surface area contributed by atoms with Crippen LogP contribution in [-0.2, 0) is 11.3 Å². The van der Waals surface area contributed by atoms with Crippen LogP contribution in [0.4, 0.5) is 17.1 Å². The van der Waals surface area contributed by atoms with E-state index in [1.807, 2.05) is 48.5 Å². The summed E-state index contributed by atoms with van der Waals surface area (Å²) in [4.78, 5) is 27.7. The zero-order chi connectivity index (χ0) is 19.1. The molecule has 0 saturated heterocycles. The van der Waals surface area contributed by atoms with Gasteiger partial charge in [-0.2, -0.15) is 0 Å². The molecule has 1 aromatic heterocycles. The zero-order valence-electron chi connectivity index (χ0n) is 14.9. The van der Waals surface area contributed by atoms with Crippen LogP contribution >= 0.6 is 0 Å². The molecule has 0 spiro atoms. The lowest BCUT2D eigenvalue weighted by molar-refractivity contribution is -0.114. The molecule has 3 aromatic rings. The molecule has 0 bridgehead atoms. The Morgan fingerprint density at radius 1 is 0.889 bits per heavy atom. The van der Waals surface area contributed by atoms with Crippen molar-refractivity contribution in [2.75, 3.05) is 10.6 Å². The first-order valence-corrected chi connectivity index (χ1v) is 8.52. The molecule has 1 heterocycles. The molecule has 0 fully saturated rings. The van der Waals surface area contributed by atoms with Gasteiger partial charge in [0.2, 0.25) is 5.91 Å². The van der Waals surface area contributed by atoms with Gasteiger partial charge in [0.1, 0.15) is 0 Å². The van der Waals surface area contributed by atoms with Gasteiger partial charge in [0.25, 0.3) is 5.91 Å². The standard InChI is InChI=1S/C21H20N4O2/c1-15(26)24-18-8-5-9-19(11-18)25-20-10-17(13-22-14-20)21(27)23-12-16-6-3-2-4-7-16/h2-11,13-14,25H,12H2,1H3,(H,23,27)(H,24,26). The number of carbonyl (C=O) groups is 2. The molecular weight excluding hydrogens is 340 g/mol. The molecule has 0 aliphatic carbocycles. The highest BCUT2D eigenvalue weighted by Gasteiger charge is 2.07. The topological polar surface area (TPSA) is 83.1 Å². The van der Waals surface area contributed by atoms with E-state index in [2.05, 4.69) is 20.9 Å². The summed E-state index contributed by atoms with van der Waals surface area (Å²) in [5.41, 5.74) is 3.65. The molecule has 27 heavy (non-hydrogen) atoms. The van der Waals surface area contributed by atoms with Crippen molar-refractivity contribution in [2.45, 2.75) is 13.5 Å². The molecule has 0 atom stereocenters. The van der Waals surface area contributed by atoms with E-state index in [1.165, 1.54) is 13.1 Å². The fourth-order valence-electron chi connectivity index (χ4n) is 2.56. The first kappa shape index (κ1) is 18.1. The first-order valence-electron chi connectivity index (χ1n) is 8.52. The quantitative estimate of drug-likeness (QED) is 0.626. The summed E-state index contributed by atoms with van der Waals surface area (Å²) in [5.74, 6) is -0.326. The average molecular weight is 360 g/mol. The van der Waals surface area contributed by atoms with Gasteiger partial charge in [-0.25, -0.2) is 0 Å². The summed E-state index contributed by atoms with van der Waals surface area (Å²) in [6.07, 6.45) is 3.16. The number of pyridine rings is 1. The number of amides is 2. The van der Waals surface area contributed by atoms with E-state index in [0.717, 1.165) is 11.3 Å². The lowest BCUT2D eigenvalue weighted by Gasteiger charge is -2.10. The molecule has 0 unspecified atom stereocenters. The van der Waals surface area contributed by atoms with Gasteiger partial charge in [0.05, 0.1) is 17.4 Å². The lowest BCUT2D eigenvalue weighted by atomic mass is 10.2. The highest BCUT2D eigenvalue weighted by molar-refractivity contribution is 5.95. The fourth-order valence-corrected chi connectivity index (χ4v) is 2.56. The van der Waals surface area contributed by atoms with Crippen LogP contribution in [0.25, 0.3) is 0 Å². The molecule has 0 aliphatic rings. The summed E-state index contributed by atoms with van der Waals surface area (Å²) in [7, 11) is 0. The minimum Gasteiger partial charge on any atom is -0.354 e. The number of anilines is 3. The molecule has 136 valence electrons. The predicted molar refractivity (Wildman–Crippen MR) is 106 cm³/mol. The van der Waals surface area contributed by atoms with E-state index in [-0.39, 0.29) is 11.8 Å². The van der Waals surface area contributed by atoms with Crippen molar-refractivity contribution in [2.24, 2.45) is 0 Å². The Morgan fingerprint density at radius 2 is 1.67 bits per heavy atom. The van der Waals surface area contributed by atoms with Gasteiger partial charge >= 0.3 is 0 Å². The summed E-state index contributed by atoms with van der Waals surface area (Å²) in [6.45, 7) is 1.91. The van der Waals surface area contributed by atoms with Crippen LogP contribution in [0.2, 0.25) is 0 Å². The number of hydrogen-bond acceptors (Lipinski definition) is 4. The fraction of sp³-hybridized carbons (Fsp3) is 0.0952. The van der Waals surface area contributed by atoms with Gasteiger partial charge in [0.15, 0.2) is 0 Å². The SMILES string of the molecule is CC(=O)Nc1cccc(Nc2cncc(C(=O)NCc3ccccc3)c2)c1. The van der Waals surface area contributed by atoms with Crippen molar-refractivity contribution in [3.8, 4) is 0 Å². The third kappa shape index (κ3) is 5.40. The number of aromatic nitrogens is 1. The van der Waals surface area contributed by atoms with Crippen LogP contribution in [0, 0.1) is 0 Å². The van der Waals surface area contributed by atoms with Crippen molar-refractivity contribution in [1.29, 1.82) is 0 Å². The Labute approximate surface area is 157 Å². The molecule has 2 aromatic carbocycles. The highest BCUT2D eigenvalue weighted by Crippen LogP contribution is 2.20. The van der Waals surface area contributed by atoms with E-state index in [1.54, 1.807) is 18.3 Å². The van der Waals surface area contributed by atoms with Crippen LogP contribution < -0.4 is 16.0 Å². The highest BCUT2D eigenvalue weighted by atomic mass is 16.2. The van der Waals surface area contributed by atoms with Crippen LogP contribution in [0.3, 0.4) is 0 Å². The molecule has 0 aliphatic heterocycles. The second kappa shape index (κ2) is 8.62. The van der Waals surface area contributed by atoms with Gasteiger partial charge in [-0.05, 0) is 29.8 Å². The Balaban J connectivity index is 1.66. The Bertz CT molecular complexity index is 942. The number of benzene rings is 2. The number of nitrogens with zero attached hydrogens (tertiary/aromatic N) is 1. The summed E-state index contributed by atoms with van der Waals surface area (Å²) in [6, 6.07) is 18.8. The number of carbonyl (C=O) groups excluding carboxylic acids is 2. The van der Waals surface area contributed by atoms with E-state index >= 15 is 0 Å². The second-order valence-corrected chi connectivity index (χ2v) is 6.02. The monoisotopic (exact) mass is 360 g/mol. The number of hydrogen-bond donors (Lipinski definition) is 3. The van der Waals surface area contributed by atoms with Crippen LogP contribution in [0.5, 0.6) is 0 Å². The van der Waals surface area contributed by atoms with Crippen LogP contribution in [-0.4, -0.2) is 16.8 Å². The van der Waals surface area contributed by atoms with Gasteiger partial charge in [-0.1, -0.05) is 36.4 Å². The third-order valence-corrected chi connectivity index (χ3v) is 3.77. The minimum absolute atomic E-state index is 0.133. The van der Waals surface area contributed by atoms with E-state index in [0.29, 0.717) is 23.5 Å². The van der Waals surface area contributed by atoms with E-state index < -0.39 is 0 Å². The van der Waals surface area contributed by atoms with Crippen molar-refractivity contribution in [3.63, 3.8) is 0 Å².